The summed E-state index contributed by atoms with van der Waals surface area (Å²) in [6.45, 7) is 1.80. The third kappa shape index (κ3) is 5.92. The summed E-state index contributed by atoms with van der Waals surface area (Å²) >= 11 is 0. The predicted octanol–water partition coefficient (Wildman–Crippen LogP) is 0.655. The fourth-order valence-corrected chi connectivity index (χ4v) is 1.21. The van der Waals surface area contributed by atoms with Crippen LogP contribution in [-0.4, -0.2) is 47.6 Å². The molecule has 0 aliphatic heterocycles. The van der Waals surface area contributed by atoms with E-state index in [9.17, 15) is 9.59 Å². The molecule has 4 N–H and O–H groups in total. The molecule has 0 radical (unpaired) electrons. The molecule has 0 unspecified atom stereocenters. The van der Waals surface area contributed by atoms with Crippen molar-refractivity contribution >= 4 is 12.6 Å². The molecule has 9 heteroatoms. The molecule has 9 nitrogen and oxygen atoms in total. The van der Waals surface area contributed by atoms with Gasteiger partial charge < -0.3 is 20.1 Å². The van der Waals surface area contributed by atoms with E-state index in [1.54, 1.807) is 25.5 Å². The summed E-state index contributed by atoms with van der Waals surface area (Å²) in [5.74, 6) is 0.986. The highest BCUT2D eigenvalue weighted by Gasteiger charge is 1.94. The zero-order valence-corrected chi connectivity index (χ0v) is 11.9. The number of nitrogens with zero attached hydrogens (tertiary/aromatic N) is 3. The number of aldehydes is 2. The van der Waals surface area contributed by atoms with E-state index in [1.165, 1.54) is 12.5 Å². The molecule has 0 amide bonds. The Hall–Kier alpha value is -3.07. The van der Waals surface area contributed by atoms with Crippen molar-refractivity contribution < 1.29 is 14.7 Å². The molecule has 0 bridgehead atoms. The second-order valence-corrected chi connectivity index (χ2v) is 3.82. The van der Waals surface area contributed by atoms with Gasteiger partial charge in [-0.15, -0.1) is 0 Å². The molecule has 0 saturated heterocycles. The maximum atomic E-state index is 10.0. The molecule has 3 aromatic heterocycles. The van der Waals surface area contributed by atoms with Gasteiger partial charge in [-0.05, 0) is 6.92 Å². The maximum absolute atomic E-state index is 10.0. The number of carbonyl (C=O) groups excluding carboxylic acids is 2. The van der Waals surface area contributed by atoms with Gasteiger partial charge >= 0.3 is 0 Å². The molecule has 0 aliphatic carbocycles. The monoisotopic (exact) mass is 304 g/mol. The van der Waals surface area contributed by atoms with Gasteiger partial charge in [-0.1, -0.05) is 0 Å². The molecule has 0 spiro atoms. The van der Waals surface area contributed by atoms with Gasteiger partial charge in [-0.25, -0.2) is 15.0 Å². The van der Waals surface area contributed by atoms with Crippen LogP contribution in [0.4, 0.5) is 0 Å². The fraction of sp³-hybridized carbons (Fsp3) is 0.154. The number of H-pyrrole nitrogens is 3. The van der Waals surface area contributed by atoms with E-state index in [4.69, 9.17) is 5.11 Å². The molecule has 3 aromatic rings. The number of aromatic nitrogens is 6. The van der Waals surface area contributed by atoms with Crippen molar-refractivity contribution in [3.8, 4) is 0 Å². The minimum absolute atomic E-state index is 0.00694. The van der Waals surface area contributed by atoms with Crippen LogP contribution in [0.25, 0.3) is 0 Å². The molecule has 22 heavy (non-hydrogen) atoms. The van der Waals surface area contributed by atoms with Crippen LogP contribution in [0, 0.1) is 6.92 Å². The summed E-state index contributed by atoms with van der Waals surface area (Å²) in [6.07, 6.45) is 9.30. The first-order valence-electron chi connectivity index (χ1n) is 6.20. The van der Waals surface area contributed by atoms with Gasteiger partial charge in [0, 0.05) is 30.5 Å². The summed E-state index contributed by atoms with van der Waals surface area (Å²) in [6, 6.07) is 0. The molecule has 116 valence electrons. The number of aliphatic hydroxyl groups excluding tert-OH is 1. The van der Waals surface area contributed by atoms with Crippen LogP contribution >= 0.6 is 0 Å². The lowest BCUT2D eigenvalue weighted by atomic mass is 10.4. The number of imidazole rings is 3. The first-order valence-corrected chi connectivity index (χ1v) is 6.20. The Morgan fingerprint density at radius 3 is 2.05 bits per heavy atom. The van der Waals surface area contributed by atoms with E-state index < -0.39 is 0 Å². The standard InChI is InChI=1S/C5H6N2O.C4H6N2O.C4H4N2O/c1-4-5(2-8)7-3-6-4;2*7-3-4-5-1-2-6-4/h2-3H,1H3,(H,6,7);1-2,7H,3H2,(H,5,6);1-3H,(H,5,6). The largest absolute Gasteiger partial charge is 0.388 e. The lowest BCUT2D eigenvalue weighted by molar-refractivity contribution is 0.111. The summed E-state index contributed by atoms with van der Waals surface area (Å²) in [4.78, 5) is 38.9. The smallest absolute Gasteiger partial charge is 0.185 e. The van der Waals surface area contributed by atoms with Crippen molar-refractivity contribution in [2.24, 2.45) is 0 Å². The SMILES string of the molecule is Cc1[nH]cnc1C=O.O=Cc1ncc[nH]1.OCc1ncc[nH]1. The first-order chi connectivity index (χ1) is 10.7. The maximum Gasteiger partial charge on any atom is 0.185 e. The van der Waals surface area contributed by atoms with Gasteiger partial charge in [-0.3, -0.25) is 9.59 Å². The Morgan fingerprint density at radius 1 is 1.05 bits per heavy atom. The minimum atomic E-state index is -0.00694. The van der Waals surface area contributed by atoms with Crippen LogP contribution in [0.1, 0.15) is 32.6 Å². The molecular weight excluding hydrogens is 288 g/mol. The van der Waals surface area contributed by atoms with Crippen LogP contribution in [-0.2, 0) is 6.61 Å². The third-order valence-corrected chi connectivity index (χ3v) is 2.32. The van der Waals surface area contributed by atoms with E-state index in [-0.39, 0.29) is 6.61 Å². The zero-order valence-electron chi connectivity index (χ0n) is 11.9. The zero-order chi connectivity index (χ0) is 16.2. The highest BCUT2D eigenvalue weighted by Crippen LogP contribution is 1.93. The summed E-state index contributed by atoms with van der Waals surface area (Å²) in [5.41, 5.74) is 1.31. The number of carbonyl (C=O) groups is 2. The average molecular weight is 304 g/mol. The second-order valence-electron chi connectivity index (χ2n) is 3.82. The van der Waals surface area contributed by atoms with Crippen LogP contribution in [0.15, 0.2) is 31.1 Å². The van der Waals surface area contributed by atoms with Crippen molar-refractivity contribution in [3.05, 3.63) is 54.2 Å². The van der Waals surface area contributed by atoms with Crippen molar-refractivity contribution in [1.29, 1.82) is 0 Å². The van der Waals surface area contributed by atoms with E-state index in [0.717, 1.165) is 12.0 Å². The molecule has 3 heterocycles. The molecular formula is C13H16N6O3. The number of aliphatic hydroxyl groups is 1. The van der Waals surface area contributed by atoms with Crippen LogP contribution < -0.4 is 0 Å². The number of hydrogen-bond donors (Lipinski definition) is 4. The fourth-order valence-electron chi connectivity index (χ4n) is 1.21. The Morgan fingerprint density at radius 2 is 1.77 bits per heavy atom. The van der Waals surface area contributed by atoms with Gasteiger partial charge in [0.15, 0.2) is 18.4 Å². The van der Waals surface area contributed by atoms with Crippen molar-refractivity contribution in [3.63, 3.8) is 0 Å². The highest BCUT2D eigenvalue weighted by molar-refractivity contribution is 5.73. The van der Waals surface area contributed by atoms with E-state index in [2.05, 4.69) is 29.9 Å². The summed E-state index contributed by atoms with van der Waals surface area (Å²) in [7, 11) is 0. The van der Waals surface area contributed by atoms with Gasteiger partial charge in [0.25, 0.3) is 0 Å². The van der Waals surface area contributed by atoms with E-state index >= 15 is 0 Å². The van der Waals surface area contributed by atoms with Gasteiger partial charge in [0.05, 0.1) is 6.33 Å². The number of aromatic amines is 3. The highest BCUT2D eigenvalue weighted by atomic mass is 16.3. The van der Waals surface area contributed by atoms with Gasteiger partial charge in [0.1, 0.15) is 18.1 Å². The quantitative estimate of drug-likeness (QED) is 0.524. The Labute approximate surface area is 125 Å². The van der Waals surface area contributed by atoms with Crippen LogP contribution in [0.5, 0.6) is 0 Å². The first kappa shape index (κ1) is 17.0. The summed E-state index contributed by atoms with van der Waals surface area (Å²) < 4.78 is 0. The topological polar surface area (TPSA) is 140 Å². The normalized spacial score (nSPS) is 9.00. The second kappa shape index (κ2) is 9.77. The lowest BCUT2D eigenvalue weighted by Gasteiger charge is -1.79. The van der Waals surface area contributed by atoms with Crippen molar-refractivity contribution in [2.75, 3.05) is 0 Å². The predicted molar refractivity (Wildman–Crippen MR) is 77.2 cm³/mol. The number of rotatable bonds is 3. The Kier molecular flexibility index (Phi) is 7.55. The Bertz CT molecular complexity index is 645. The van der Waals surface area contributed by atoms with Crippen LogP contribution in [0.2, 0.25) is 0 Å². The molecule has 0 saturated carbocycles. The third-order valence-electron chi connectivity index (χ3n) is 2.32. The average Bonchev–Trinajstić information content (AvgIpc) is 3.30. The molecule has 0 aromatic carbocycles. The number of aryl methyl sites for hydroxylation is 1. The molecule has 3 rings (SSSR count). The number of hydrogen-bond acceptors (Lipinski definition) is 6. The van der Waals surface area contributed by atoms with Crippen molar-refractivity contribution in [2.45, 2.75) is 13.5 Å². The van der Waals surface area contributed by atoms with Gasteiger partial charge in [-0.2, -0.15) is 0 Å². The molecule has 0 atom stereocenters. The van der Waals surface area contributed by atoms with E-state index in [0.29, 0.717) is 23.6 Å². The summed E-state index contributed by atoms with van der Waals surface area (Å²) in [5, 5.41) is 8.33. The Balaban J connectivity index is 0.000000166. The molecule has 0 fully saturated rings. The minimum Gasteiger partial charge on any atom is -0.388 e. The number of nitrogens with one attached hydrogen (secondary N) is 3. The van der Waals surface area contributed by atoms with E-state index in [1.807, 2.05) is 0 Å². The van der Waals surface area contributed by atoms with Crippen molar-refractivity contribution in [1.82, 2.24) is 29.9 Å². The lowest BCUT2D eigenvalue weighted by Crippen LogP contribution is -1.82. The molecule has 0 aliphatic rings. The van der Waals surface area contributed by atoms with Crippen LogP contribution in [0.3, 0.4) is 0 Å². The van der Waals surface area contributed by atoms with Gasteiger partial charge in [0.2, 0.25) is 0 Å².